The lowest BCUT2D eigenvalue weighted by atomic mass is 10.2. The van der Waals surface area contributed by atoms with E-state index in [4.69, 9.17) is 0 Å². The normalized spacial score (nSPS) is 10.7. The van der Waals surface area contributed by atoms with Crippen LogP contribution < -0.4 is 10.6 Å². The zero-order valence-corrected chi connectivity index (χ0v) is 14.9. The van der Waals surface area contributed by atoms with Crippen molar-refractivity contribution in [3.63, 3.8) is 0 Å². The standard InChI is InChI=1S/C20H16N4OS/c1-13-4-9-17-18(11-13)26-19(24-17)14-5-7-15(8-6-14)22-20(25)23-16-3-2-10-21-12-16/h2-12H,1H3,(H2,22,23,25). The Labute approximate surface area is 154 Å². The Kier molecular flexibility index (Phi) is 4.33. The topological polar surface area (TPSA) is 66.9 Å². The summed E-state index contributed by atoms with van der Waals surface area (Å²) >= 11 is 1.67. The van der Waals surface area contributed by atoms with Crippen molar-refractivity contribution in [1.82, 2.24) is 9.97 Å². The fourth-order valence-corrected chi connectivity index (χ4v) is 3.65. The summed E-state index contributed by atoms with van der Waals surface area (Å²) in [6, 6.07) is 17.2. The van der Waals surface area contributed by atoms with Crippen LogP contribution in [0, 0.1) is 6.92 Å². The highest BCUT2D eigenvalue weighted by Crippen LogP contribution is 2.31. The molecule has 0 spiro atoms. The van der Waals surface area contributed by atoms with Gasteiger partial charge < -0.3 is 10.6 Å². The first-order valence-electron chi connectivity index (χ1n) is 8.13. The molecule has 2 aromatic heterocycles. The summed E-state index contributed by atoms with van der Waals surface area (Å²) in [6.07, 6.45) is 3.25. The van der Waals surface area contributed by atoms with E-state index < -0.39 is 0 Å². The number of fused-ring (bicyclic) bond motifs is 1. The lowest BCUT2D eigenvalue weighted by Gasteiger charge is -2.07. The van der Waals surface area contributed by atoms with Gasteiger partial charge >= 0.3 is 6.03 Å². The molecule has 2 aromatic carbocycles. The van der Waals surface area contributed by atoms with E-state index in [1.165, 1.54) is 10.3 Å². The average molecular weight is 360 g/mol. The van der Waals surface area contributed by atoms with Crippen LogP contribution >= 0.6 is 11.3 Å². The summed E-state index contributed by atoms with van der Waals surface area (Å²) in [7, 11) is 0. The van der Waals surface area contributed by atoms with E-state index in [2.05, 4.69) is 39.7 Å². The van der Waals surface area contributed by atoms with Gasteiger partial charge in [-0.05, 0) is 61.0 Å². The molecule has 4 aromatic rings. The molecule has 0 atom stereocenters. The van der Waals surface area contributed by atoms with Gasteiger partial charge in [0.2, 0.25) is 0 Å². The molecule has 0 radical (unpaired) electrons. The zero-order chi connectivity index (χ0) is 17.9. The number of aryl methyl sites for hydroxylation is 1. The molecule has 0 saturated heterocycles. The summed E-state index contributed by atoms with van der Waals surface area (Å²) in [6.45, 7) is 2.08. The quantitative estimate of drug-likeness (QED) is 0.520. The number of hydrogen-bond donors (Lipinski definition) is 2. The number of rotatable bonds is 3. The second kappa shape index (κ2) is 6.93. The number of carbonyl (C=O) groups excluding carboxylic acids is 1. The van der Waals surface area contributed by atoms with Crippen LogP contribution in [0.1, 0.15) is 5.56 Å². The van der Waals surface area contributed by atoms with Crippen molar-refractivity contribution < 1.29 is 4.79 Å². The summed E-state index contributed by atoms with van der Waals surface area (Å²) in [4.78, 5) is 20.7. The van der Waals surface area contributed by atoms with E-state index in [0.29, 0.717) is 11.4 Å². The minimum atomic E-state index is -0.304. The average Bonchev–Trinajstić information content (AvgIpc) is 3.06. The van der Waals surface area contributed by atoms with Gasteiger partial charge in [-0.15, -0.1) is 11.3 Å². The number of thiazole rings is 1. The summed E-state index contributed by atoms with van der Waals surface area (Å²) in [5, 5.41) is 6.51. The van der Waals surface area contributed by atoms with Crippen LogP contribution in [0.2, 0.25) is 0 Å². The number of anilines is 2. The Morgan fingerprint density at radius 1 is 1.00 bits per heavy atom. The predicted octanol–water partition coefficient (Wildman–Crippen LogP) is 5.31. The fraction of sp³-hybridized carbons (Fsp3) is 0.0500. The molecular weight excluding hydrogens is 344 g/mol. The third-order valence-electron chi connectivity index (χ3n) is 3.85. The number of amides is 2. The van der Waals surface area contributed by atoms with Crippen LogP contribution in [0.4, 0.5) is 16.2 Å². The molecule has 0 saturated carbocycles. The van der Waals surface area contributed by atoms with Gasteiger partial charge in [0.25, 0.3) is 0 Å². The van der Waals surface area contributed by atoms with Crippen molar-refractivity contribution in [1.29, 1.82) is 0 Å². The first-order valence-corrected chi connectivity index (χ1v) is 8.95. The second-order valence-corrected chi connectivity index (χ2v) is 6.92. The summed E-state index contributed by atoms with van der Waals surface area (Å²) in [5.41, 5.74) is 4.63. The fourth-order valence-electron chi connectivity index (χ4n) is 2.58. The van der Waals surface area contributed by atoms with Gasteiger partial charge in [0.05, 0.1) is 22.1 Å². The van der Waals surface area contributed by atoms with E-state index in [1.54, 1.807) is 35.9 Å². The van der Waals surface area contributed by atoms with Gasteiger partial charge in [-0.25, -0.2) is 9.78 Å². The highest BCUT2D eigenvalue weighted by Gasteiger charge is 2.07. The van der Waals surface area contributed by atoms with Crippen molar-refractivity contribution in [2.75, 3.05) is 10.6 Å². The molecule has 4 rings (SSSR count). The number of urea groups is 1. The zero-order valence-electron chi connectivity index (χ0n) is 14.1. The van der Waals surface area contributed by atoms with Crippen LogP contribution in [0.25, 0.3) is 20.8 Å². The number of nitrogens with one attached hydrogen (secondary N) is 2. The summed E-state index contributed by atoms with van der Waals surface area (Å²) < 4.78 is 1.18. The van der Waals surface area contributed by atoms with E-state index in [-0.39, 0.29) is 6.03 Å². The van der Waals surface area contributed by atoms with Crippen molar-refractivity contribution >= 4 is 39.0 Å². The Hall–Kier alpha value is -3.25. The predicted molar refractivity (Wildman–Crippen MR) is 107 cm³/mol. The van der Waals surface area contributed by atoms with Crippen LogP contribution in [0.5, 0.6) is 0 Å². The van der Waals surface area contributed by atoms with Crippen molar-refractivity contribution in [3.8, 4) is 10.6 Å². The van der Waals surface area contributed by atoms with Gasteiger partial charge in [-0.2, -0.15) is 0 Å². The SMILES string of the molecule is Cc1ccc2nc(-c3ccc(NC(=O)Nc4cccnc4)cc3)sc2c1. The minimum absolute atomic E-state index is 0.304. The third kappa shape index (κ3) is 3.55. The highest BCUT2D eigenvalue weighted by molar-refractivity contribution is 7.21. The number of nitrogens with zero attached hydrogens (tertiary/aromatic N) is 2. The minimum Gasteiger partial charge on any atom is -0.308 e. The molecule has 6 heteroatoms. The Morgan fingerprint density at radius 2 is 1.81 bits per heavy atom. The number of benzene rings is 2. The Bertz CT molecular complexity index is 1060. The third-order valence-corrected chi connectivity index (χ3v) is 4.92. The van der Waals surface area contributed by atoms with E-state index in [0.717, 1.165) is 16.1 Å². The maximum atomic E-state index is 12.0. The molecule has 2 amide bonds. The van der Waals surface area contributed by atoms with Crippen molar-refractivity contribution in [2.24, 2.45) is 0 Å². The molecule has 0 fully saturated rings. The Morgan fingerprint density at radius 3 is 2.58 bits per heavy atom. The van der Waals surface area contributed by atoms with E-state index in [1.807, 2.05) is 30.3 Å². The molecule has 0 aliphatic carbocycles. The molecule has 2 N–H and O–H groups in total. The monoisotopic (exact) mass is 360 g/mol. The number of hydrogen-bond acceptors (Lipinski definition) is 4. The van der Waals surface area contributed by atoms with Crippen LogP contribution in [-0.4, -0.2) is 16.0 Å². The van der Waals surface area contributed by atoms with Crippen LogP contribution in [0.3, 0.4) is 0 Å². The molecule has 0 unspecified atom stereocenters. The van der Waals surface area contributed by atoms with Crippen molar-refractivity contribution in [3.05, 3.63) is 72.6 Å². The van der Waals surface area contributed by atoms with Gasteiger partial charge in [0.1, 0.15) is 5.01 Å². The second-order valence-electron chi connectivity index (χ2n) is 5.89. The van der Waals surface area contributed by atoms with Crippen LogP contribution in [-0.2, 0) is 0 Å². The molecule has 0 aliphatic heterocycles. The van der Waals surface area contributed by atoms with E-state index >= 15 is 0 Å². The lowest BCUT2D eigenvalue weighted by Crippen LogP contribution is -2.19. The molecule has 26 heavy (non-hydrogen) atoms. The van der Waals surface area contributed by atoms with Crippen LogP contribution in [0.15, 0.2) is 67.0 Å². The van der Waals surface area contributed by atoms with Gasteiger partial charge in [0, 0.05) is 17.4 Å². The molecule has 0 bridgehead atoms. The maximum absolute atomic E-state index is 12.0. The Balaban J connectivity index is 1.48. The summed E-state index contributed by atoms with van der Waals surface area (Å²) in [5.74, 6) is 0. The first-order chi connectivity index (χ1) is 12.7. The number of pyridine rings is 1. The largest absolute Gasteiger partial charge is 0.323 e. The molecule has 2 heterocycles. The lowest BCUT2D eigenvalue weighted by molar-refractivity contribution is 0.262. The van der Waals surface area contributed by atoms with Crippen molar-refractivity contribution in [2.45, 2.75) is 6.92 Å². The molecule has 5 nitrogen and oxygen atoms in total. The van der Waals surface area contributed by atoms with Gasteiger partial charge in [-0.1, -0.05) is 6.07 Å². The maximum Gasteiger partial charge on any atom is 0.323 e. The number of carbonyl (C=O) groups is 1. The van der Waals surface area contributed by atoms with E-state index in [9.17, 15) is 4.79 Å². The highest BCUT2D eigenvalue weighted by atomic mass is 32.1. The molecule has 0 aliphatic rings. The first kappa shape index (κ1) is 16.2. The molecular formula is C20H16N4OS. The smallest absolute Gasteiger partial charge is 0.308 e. The molecule has 128 valence electrons. The van der Waals surface area contributed by atoms with Gasteiger partial charge in [-0.3, -0.25) is 4.98 Å². The number of aromatic nitrogens is 2. The van der Waals surface area contributed by atoms with Gasteiger partial charge in [0.15, 0.2) is 0 Å².